The first-order chi connectivity index (χ1) is 8.57. The second kappa shape index (κ2) is 5.87. The van der Waals surface area contributed by atoms with E-state index in [1.54, 1.807) is 0 Å². The molecule has 2 saturated heterocycles. The second-order valence-electron chi connectivity index (χ2n) is 6.23. The van der Waals surface area contributed by atoms with E-state index >= 15 is 0 Å². The molecule has 0 spiro atoms. The van der Waals surface area contributed by atoms with Crippen molar-refractivity contribution in [1.82, 2.24) is 9.80 Å². The number of hydrogen-bond acceptors (Lipinski definition) is 4. The Kier molecular flexibility index (Phi) is 4.64. The van der Waals surface area contributed by atoms with Crippen LogP contribution in [0, 0.1) is 0 Å². The predicted molar refractivity (Wildman–Crippen MR) is 74.7 cm³/mol. The molecule has 2 N–H and O–H groups in total. The third-order valence-corrected chi connectivity index (χ3v) is 4.91. The van der Waals surface area contributed by atoms with Gasteiger partial charge in [0.2, 0.25) is 0 Å². The van der Waals surface area contributed by atoms with Gasteiger partial charge >= 0.3 is 0 Å². The minimum Gasteiger partial charge on any atom is -0.378 e. The fourth-order valence-corrected chi connectivity index (χ4v) is 3.64. The largest absolute Gasteiger partial charge is 0.378 e. The minimum atomic E-state index is 0.153. The van der Waals surface area contributed by atoms with Crippen LogP contribution in [0.3, 0.4) is 0 Å². The number of rotatable bonds is 3. The molecule has 0 saturated carbocycles. The molecule has 2 heterocycles. The number of likely N-dealkylation sites (N-methyl/N-ethyl adjacent to an activating group) is 2. The monoisotopic (exact) mass is 255 g/mol. The van der Waals surface area contributed by atoms with E-state index < -0.39 is 0 Å². The van der Waals surface area contributed by atoms with Gasteiger partial charge in [0.1, 0.15) is 0 Å². The third kappa shape index (κ3) is 2.87. The van der Waals surface area contributed by atoms with E-state index in [1.807, 2.05) is 0 Å². The van der Waals surface area contributed by atoms with Crippen LogP contribution in [0.1, 0.15) is 32.6 Å². The molecule has 4 nitrogen and oxygen atoms in total. The minimum absolute atomic E-state index is 0.153. The van der Waals surface area contributed by atoms with Crippen LogP contribution in [-0.4, -0.2) is 67.8 Å². The van der Waals surface area contributed by atoms with Gasteiger partial charge in [0.15, 0.2) is 0 Å². The van der Waals surface area contributed by atoms with Crippen LogP contribution in [0.15, 0.2) is 0 Å². The number of ether oxygens (including phenoxy) is 1. The van der Waals surface area contributed by atoms with E-state index in [2.05, 4.69) is 30.8 Å². The van der Waals surface area contributed by atoms with Crippen molar-refractivity contribution in [3.8, 4) is 0 Å². The van der Waals surface area contributed by atoms with E-state index in [-0.39, 0.29) is 5.54 Å². The Balaban J connectivity index is 2.06. The maximum absolute atomic E-state index is 6.13. The standard InChI is InChI=1S/C14H29N3O/c1-12-9-14(11-15,6-8-18-12)17(3)13-5-4-7-16(2)10-13/h12-13H,4-11,15H2,1-3H3. The van der Waals surface area contributed by atoms with Gasteiger partial charge in [0.05, 0.1) is 6.10 Å². The second-order valence-corrected chi connectivity index (χ2v) is 6.23. The smallest absolute Gasteiger partial charge is 0.0565 e. The molecule has 0 radical (unpaired) electrons. The highest BCUT2D eigenvalue weighted by Crippen LogP contribution is 2.32. The maximum atomic E-state index is 6.13. The lowest BCUT2D eigenvalue weighted by Gasteiger charge is -2.50. The molecule has 2 rings (SSSR count). The molecule has 0 aromatic carbocycles. The van der Waals surface area contributed by atoms with Gasteiger partial charge in [-0.25, -0.2) is 0 Å². The van der Waals surface area contributed by atoms with E-state index in [0.29, 0.717) is 12.1 Å². The first-order valence-electron chi connectivity index (χ1n) is 7.30. The van der Waals surface area contributed by atoms with Gasteiger partial charge < -0.3 is 15.4 Å². The fourth-order valence-electron chi connectivity index (χ4n) is 3.64. The zero-order valence-electron chi connectivity index (χ0n) is 12.2. The van der Waals surface area contributed by atoms with E-state index in [1.165, 1.54) is 25.9 Å². The molecule has 0 aromatic rings. The molecule has 0 amide bonds. The molecule has 18 heavy (non-hydrogen) atoms. The zero-order valence-corrected chi connectivity index (χ0v) is 12.2. The summed E-state index contributed by atoms with van der Waals surface area (Å²) >= 11 is 0. The summed E-state index contributed by atoms with van der Waals surface area (Å²) in [5.41, 5.74) is 6.29. The van der Waals surface area contributed by atoms with Crippen molar-refractivity contribution in [1.29, 1.82) is 0 Å². The third-order valence-electron chi connectivity index (χ3n) is 4.91. The van der Waals surface area contributed by atoms with Crippen LogP contribution in [-0.2, 0) is 4.74 Å². The number of hydrogen-bond donors (Lipinski definition) is 1. The van der Waals surface area contributed by atoms with Crippen LogP contribution in [0.4, 0.5) is 0 Å². The molecular weight excluding hydrogens is 226 g/mol. The topological polar surface area (TPSA) is 41.7 Å². The Hall–Kier alpha value is -0.160. The summed E-state index contributed by atoms with van der Waals surface area (Å²) in [5.74, 6) is 0. The van der Waals surface area contributed by atoms with Gasteiger partial charge in [-0.2, -0.15) is 0 Å². The summed E-state index contributed by atoms with van der Waals surface area (Å²) in [6.07, 6.45) is 5.09. The summed E-state index contributed by atoms with van der Waals surface area (Å²) < 4.78 is 5.70. The van der Waals surface area contributed by atoms with E-state index in [4.69, 9.17) is 10.5 Å². The molecule has 0 aliphatic carbocycles. The van der Waals surface area contributed by atoms with Crippen molar-refractivity contribution < 1.29 is 4.74 Å². The lowest BCUT2D eigenvalue weighted by molar-refractivity contribution is -0.0749. The van der Waals surface area contributed by atoms with Crippen molar-refractivity contribution in [3.05, 3.63) is 0 Å². The number of nitrogens with zero attached hydrogens (tertiary/aromatic N) is 2. The quantitative estimate of drug-likeness (QED) is 0.814. The Morgan fingerprint density at radius 2 is 2.28 bits per heavy atom. The molecule has 4 heteroatoms. The van der Waals surface area contributed by atoms with Crippen LogP contribution >= 0.6 is 0 Å². The molecule has 3 atom stereocenters. The van der Waals surface area contributed by atoms with Gasteiger partial charge in [-0.05, 0) is 53.2 Å². The molecule has 0 aromatic heterocycles. The molecule has 2 fully saturated rings. The van der Waals surface area contributed by atoms with Gasteiger partial charge in [-0.1, -0.05) is 0 Å². The van der Waals surface area contributed by atoms with Crippen molar-refractivity contribution in [3.63, 3.8) is 0 Å². The SMILES string of the molecule is CC1CC(CN)(N(C)C2CCCN(C)C2)CCO1. The maximum Gasteiger partial charge on any atom is 0.0565 e. The molecular formula is C14H29N3O. The Bertz CT molecular complexity index is 274. The van der Waals surface area contributed by atoms with Gasteiger partial charge in [0, 0.05) is 31.3 Å². The molecule has 106 valence electrons. The van der Waals surface area contributed by atoms with E-state index in [0.717, 1.165) is 26.0 Å². The lowest BCUT2D eigenvalue weighted by atomic mass is 9.83. The molecule has 2 aliphatic rings. The fraction of sp³-hybridized carbons (Fsp3) is 1.00. The van der Waals surface area contributed by atoms with Gasteiger partial charge in [0.25, 0.3) is 0 Å². The highest BCUT2D eigenvalue weighted by Gasteiger charge is 2.41. The average Bonchev–Trinajstić information content (AvgIpc) is 2.37. The van der Waals surface area contributed by atoms with Gasteiger partial charge in [-0.15, -0.1) is 0 Å². The van der Waals surface area contributed by atoms with Crippen LogP contribution in [0.25, 0.3) is 0 Å². The van der Waals surface area contributed by atoms with Gasteiger partial charge in [-0.3, -0.25) is 4.90 Å². The summed E-state index contributed by atoms with van der Waals surface area (Å²) in [6.45, 7) is 6.18. The number of likely N-dealkylation sites (tertiary alicyclic amines) is 1. The van der Waals surface area contributed by atoms with Crippen molar-refractivity contribution in [2.24, 2.45) is 5.73 Å². The Labute approximate surface area is 111 Å². The lowest BCUT2D eigenvalue weighted by Crippen LogP contribution is -2.62. The summed E-state index contributed by atoms with van der Waals surface area (Å²) in [6, 6.07) is 0.651. The zero-order chi connectivity index (χ0) is 13.2. The number of piperidine rings is 1. The normalized spacial score (nSPS) is 39.2. The van der Waals surface area contributed by atoms with Crippen molar-refractivity contribution in [2.45, 2.75) is 50.3 Å². The highest BCUT2D eigenvalue weighted by molar-refractivity contribution is 4.98. The highest BCUT2D eigenvalue weighted by atomic mass is 16.5. The van der Waals surface area contributed by atoms with Crippen LogP contribution < -0.4 is 5.73 Å². The first kappa shape index (κ1) is 14.3. The predicted octanol–water partition coefficient (Wildman–Crippen LogP) is 0.909. The van der Waals surface area contributed by atoms with Crippen LogP contribution in [0.2, 0.25) is 0 Å². The first-order valence-corrected chi connectivity index (χ1v) is 7.30. The molecule has 3 unspecified atom stereocenters. The summed E-state index contributed by atoms with van der Waals surface area (Å²) in [4.78, 5) is 5.01. The van der Waals surface area contributed by atoms with E-state index in [9.17, 15) is 0 Å². The molecule has 2 aliphatic heterocycles. The van der Waals surface area contributed by atoms with Crippen molar-refractivity contribution in [2.75, 3.05) is 40.3 Å². The average molecular weight is 255 g/mol. The van der Waals surface area contributed by atoms with Crippen LogP contribution in [0.5, 0.6) is 0 Å². The summed E-state index contributed by atoms with van der Waals surface area (Å²) in [7, 11) is 4.50. The van der Waals surface area contributed by atoms with Crippen molar-refractivity contribution >= 4 is 0 Å². The number of nitrogens with two attached hydrogens (primary N) is 1. The summed E-state index contributed by atoms with van der Waals surface area (Å²) in [5, 5.41) is 0. The Morgan fingerprint density at radius 1 is 1.50 bits per heavy atom. The Morgan fingerprint density at radius 3 is 2.89 bits per heavy atom. The molecule has 0 bridgehead atoms.